The molecule has 1 N–H and O–H groups in total. The van der Waals surface area contributed by atoms with Gasteiger partial charge in [0, 0.05) is 5.56 Å². The van der Waals surface area contributed by atoms with Gasteiger partial charge in [-0.1, -0.05) is 36.4 Å². The van der Waals surface area contributed by atoms with Crippen molar-refractivity contribution >= 4 is 22.7 Å². The molecular weight excluding hydrogens is 254 g/mol. The Kier molecular flexibility index (Phi) is 2.84. The maximum absolute atomic E-state index is 12.2. The molecule has 0 saturated carbocycles. The summed E-state index contributed by atoms with van der Waals surface area (Å²) in [4.78, 5) is 25.2. The molecule has 5 heteroatoms. The SMILES string of the molecule is N#CC1CN1C(=O)NC(=O)c1cccc2ccccc12. The van der Waals surface area contributed by atoms with Gasteiger partial charge in [0.25, 0.3) is 5.91 Å². The third-order valence-corrected chi connectivity index (χ3v) is 3.28. The summed E-state index contributed by atoms with van der Waals surface area (Å²) in [5.74, 6) is -0.449. The zero-order valence-electron chi connectivity index (χ0n) is 10.5. The van der Waals surface area contributed by atoms with Crippen LogP contribution >= 0.6 is 0 Å². The third-order valence-electron chi connectivity index (χ3n) is 3.28. The number of carbonyl (C=O) groups is 2. The molecule has 1 fully saturated rings. The van der Waals surface area contributed by atoms with Crippen molar-refractivity contribution in [2.45, 2.75) is 6.04 Å². The molecular formula is C15H11N3O2. The Hall–Kier alpha value is -2.87. The van der Waals surface area contributed by atoms with Gasteiger partial charge in [-0.3, -0.25) is 10.1 Å². The summed E-state index contributed by atoms with van der Waals surface area (Å²) in [7, 11) is 0. The first-order valence-corrected chi connectivity index (χ1v) is 6.20. The Morgan fingerprint density at radius 3 is 2.70 bits per heavy atom. The van der Waals surface area contributed by atoms with Crippen LogP contribution in [0.25, 0.3) is 10.8 Å². The second kappa shape index (κ2) is 4.67. The summed E-state index contributed by atoms with van der Waals surface area (Å²) in [5.41, 5.74) is 0.451. The van der Waals surface area contributed by atoms with Gasteiger partial charge in [-0.25, -0.2) is 4.79 Å². The first-order valence-electron chi connectivity index (χ1n) is 6.20. The van der Waals surface area contributed by atoms with Crippen LogP contribution in [0.5, 0.6) is 0 Å². The second-order valence-electron chi connectivity index (χ2n) is 4.58. The van der Waals surface area contributed by atoms with Gasteiger partial charge in [0.1, 0.15) is 6.04 Å². The molecule has 98 valence electrons. The molecule has 1 aliphatic heterocycles. The number of nitrogens with one attached hydrogen (secondary N) is 1. The lowest BCUT2D eigenvalue weighted by Crippen LogP contribution is -2.35. The molecule has 0 radical (unpaired) electrons. The van der Waals surface area contributed by atoms with E-state index in [1.807, 2.05) is 36.4 Å². The normalized spacial score (nSPS) is 16.6. The number of nitriles is 1. The minimum Gasteiger partial charge on any atom is -0.303 e. The fourth-order valence-electron chi connectivity index (χ4n) is 2.13. The summed E-state index contributed by atoms with van der Waals surface area (Å²) >= 11 is 0. The Morgan fingerprint density at radius 2 is 1.95 bits per heavy atom. The van der Waals surface area contributed by atoms with Gasteiger partial charge < -0.3 is 4.90 Å². The van der Waals surface area contributed by atoms with Crippen molar-refractivity contribution in [3.05, 3.63) is 48.0 Å². The molecule has 0 aliphatic carbocycles. The lowest BCUT2D eigenvalue weighted by atomic mass is 10.0. The minimum atomic E-state index is -0.519. The highest BCUT2D eigenvalue weighted by atomic mass is 16.2. The van der Waals surface area contributed by atoms with Crippen LogP contribution in [-0.4, -0.2) is 29.4 Å². The highest BCUT2D eigenvalue weighted by Gasteiger charge is 2.39. The van der Waals surface area contributed by atoms with E-state index in [4.69, 9.17) is 5.26 Å². The smallest absolute Gasteiger partial charge is 0.303 e. The van der Waals surface area contributed by atoms with Crippen molar-refractivity contribution in [3.63, 3.8) is 0 Å². The average molecular weight is 265 g/mol. The highest BCUT2D eigenvalue weighted by Crippen LogP contribution is 2.19. The number of rotatable bonds is 1. The van der Waals surface area contributed by atoms with Gasteiger partial charge in [-0.15, -0.1) is 0 Å². The molecule has 2 aromatic rings. The van der Waals surface area contributed by atoms with E-state index in [9.17, 15) is 9.59 Å². The maximum Gasteiger partial charge on any atom is 0.325 e. The van der Waals surface area contributed by atoms with Crippen LogP contribution in [0.1, 0.15) is 10.4 Å². The number of hydrogen-bond acceptors (Lipinski definition) is 3. The number of carbonyl (C=O) groups excluding carboxylic acids is 2. The molecule has 1 atom stereocenters. The van der Waals surface area contributed by atoms with E-state index < -0.39 is 18.0 Å². The number of nitrogens with zero attached hydrogens (tertiary/aromatic N) is 2. The Balaban J connectivity index is 1.83. The molecule has 1 saturated heterocycles. The van der Waals surface area contributed by atoms with Gasteiger partial charge in [-0.05, 0) is 16.8 Å². The van der Waals surface area contributed by atoms with Crippen LogP contribution < -0.4 is 5.32 Å². The van der Waals surface area contributed by atoms with Gasteiger partial charge in [-0.2, -0.15) is 5.26 Å². The maximum atomic E-state index is 12.2. The molecule has 0 spiro atoms. The topological polar surface area (TPSA) is 73.0 Å². The Labute approximate surface area is 115 Å². The molecule has 0 bridgehead atoms. The largest absolute Gasteiger partial charge is 0.325 e. The number of hydrogen-bond donors (Lipinski definition) is 1. The molecule has 1 aliphatic rings. The van der Waals surface area contributed by atoms with Crippen LogP contribution in [0.2, 0.25) is 0 Å². The van der Waals surface area contributed by atoms with E-state index in [-0.39, 0.29) is 0 Å². The fraction of sp³-hybridized carbons (Fsp3) is 0.133. The van der Waals surface area contributed by atoms with Crippen LogP contribution in [0.3, 0.4) is 0 Å². The van der Waals surface area contributed by atoms with Crippen molar-refractivity contribution < 1.29 is 9.59 Å². The van der Waals surface area contributed by atoms with Crippen LogP contribution in [0.4, 0.5) is 4.79 Å². The standard InChI is InChI=1S/C15H11N3O2/c16-8-11-9-18(11)15(20)17-14(19)13-7-3-5-10-4-1-2-6-12(10)13/h1-7,11H,9H2,(H,17,19,20). The van der Waals surface area contributed by atoms with Gasteiger partial charge in [0.2, 0.25) is 0 Å². The summed E-state index contributed by atoms with van der Waals surface area (Å²) in [6, 6.07) is 13.9. The number of amides is 3. The third kappa shape index (κ3) is 2.08. The van der Waals surface area contributed by atoms with Crippen LogP contribution in [-0.2, 0) is 0 Å². The van der Waals surface area contributed by atoms with E-state index in [0.717, 1.165) is 10.8 Å². The lowest BCUT2D eigenvalue weighted by Gasteiger charge is -2.07. The molecule has 3 rings (SSSR count). The molecule has 1 unspecified atom stereocenters. The molecule has 20 heavy (non-hydrogen) atoms. The lowest BCUT2D eigenvalue weighted by molar-refractivity contribution is 0.0962. The predicted octanol–water partition coefficient (Wildman–Crippen LogP) is 1.90. The second-order valence-corrected chi connectivity index (χ2v) is 4.58. The van der Waals surface area contributed by atoms with Crippen LogP contribution in [0.15, 0.2) is 42.5 Å². The molecule has 1 heterocycles. The summed E-state index contributed by atoms with van der Waals surface area (Å²) in [5, 5.41) is 12.7. The van der Waals surface area contributed by atoms with Gasteiger partial charge in [0.15, 0.2) is 0 Å². The monoisotopic (exact) mass is 265 g/mol. The summed E-state index contributed by atoms with van der Waals surface area (Å²) < 4.78 is 0. The first kappa shape index (κ1) is 12.2. The number of urea groups is 1. The van der Waals surface area contributed by atoms with E-state index in [1.54, 1.807) is 12.1 Å². The van der Waals surface area contributed by atoms with E-state index in [2.05, 4.69) is 5.32 Å². The van der Waals surface area contributed by atoms with Crippen molar-refractivity contribution in [2.24, 2.45) is 0 Å². The number of fused-ring (bicyclic) bond motifs is 1. The zero-order valence-corrected chi connectivity index (χ0v) is 10.5. The fourth-order valence-corrected chi connectivity index (χ4v) is 2.13. The molecule has 2 aromatic carbocycles. The molecule has 3 amide bonds. The quantitative estimate of drug-likeness (QED) is 0.800. The van der Waals surface area contributed by atoms with Gasteiger partial charge in [0.05, 0.1) is 12.6 Å². The van der Waals surface area contributed by atoms with Crippen molar-refractivity contribution in [2.75, 3.05) is 6.54 Å². The molecule has 5 nitrogen and oxygen atoms in total. The van der Waals surface area contributed by atoms with Gasteiger partial charge >= 0.3 is 6.03 Å². The predicted molar refractivity (Wildman–Crippen MR) is 72.9 cm³/mol. The highest BCUT2D eigenvalue weighted by molar-refractivity contribution is 6.12. The Bertz CT molecular complexity index is 743. The van der Waals surface area contributed by atoms with Crippen molar-refractivity contribution in [1.82, 2.24) is 10.2 Å². The Morgan fingerprint density at radius 1 is 1.20 bits per heavy atom. The number of benzene rings is 2. The minimum absolute atomic E-state index is 0.380. The zero-order chi connectivity index (χ0) is 14.1. The first-order chi connectivity index (χ1) is 9.70. The van der Waals surface area contributed by atoms with E-state index in [0.29, 0.717) is 12.1 Å². The summed E-state index contributed by atoms with van der Waals surface area (Å²) in [6.45, 7) is 0.380. The van der Waals surface area contributed by atoms with Crippen molar-refractivity contribution in [1.29, 1.82) is 5.26 Å². The van der Waals surface area contributed by atoms with Crippen molar-refractivity contribution in [3.8, 4) is 6.07 Å². The average Bonchev–Trinajstić information content (AvgIpc) is 3.26. The number of imide groups is 1. The van der Waals surface area contributed by atoms with E-state index >= 15 is 0 Å². The van der Waals surface area contributed by atoms with E-state index in [1.165, 1.54) is 4.90 Å². The molecule has 0 aromatic heterocycles. The summed E-state index contributed by atoms with van der Waals surface area (Å²) in [6.07, 6.45) is 0. The van der Waals surface area contributed by atoms with Crippen LogP contribution in [0, 0.1) is 11.3 Å².